The number of pyridine rings is 2. The Bertz CT molecular complexity index is 902. The molecule has 3 heterocycles. The maximum atomic E-state index is 4.38. The first kappa shape index (κ1) is 27.4. The Kier molecular flexibility index (Phi) is 11.2. The smallest absolute Gasteiger partial charge is 0.0641 e. The van der Waals surface area contributed by atoms with Crippen molar-refractivity contribution in [1.82, 2.24) is 19.9 Å². The van der Waals surface area contributed by atoms with E-state index in [1.165, 1.54) is 28.1 Å². The summed E-state index contributed by atoms with van der Waals surface area (Å²) >= 11 is 0. The largest absolute Gasteiger partial charge is 0.261 e. The van der Waals surface area contributed by atoms with Crippen molar-refractivity contribution >= 4 is 0 Å². The highest BCUT2D eigenvalue weighted by atomic mass is 14.8. The minimum atomic E-state index is 0.475. The SMILES string of the molecule is Cc1ccc(C(C)C)nc1.Cc1cnc(C(C)C)c(C)c1.Cc1cnc(C(C)C)c(C)n1. The predicted molar refractivity (Wildman–Crippen MR) is 136 cm³/mol. The van der Waals surface area contributed by atoms with Crippen molar-refractivity contribution in [2.45, 2.75) is 93.9 Å². The van der Waals surface area contributed by atoms with Crippen molar-refractivity contribution in [1.29, 1.82) is 0 Å². The quantitative estimate of drug-likeness (QED) is 0.427. The summed E-state index contributed by atoms with van der Waals surface area (Å²) in [5.41, 5.74) is 9.32. The first-order chi connectivity index (χ1) is 14.9. The normalized spacial score (nSPS) is 10.6. The Hall–Kier alpha value is -2.62. The highest BCUT2D eigenvalue weighted by Gasteiger charge is 2.05. The highest BCUT2D eigenvalue weighted by molar-refractivity contribution is 5.25. The molecule has 3 aromatic heterocycles. The van der Waals surface area contributed by atoms with Crippen molar-refractivity contribution < 1.29 is 0 Å². The lowest BCUT2D eigenvalue weighted by atomic mass is 10.0. The van der Waals surface area contributed by atoms with Crippen molar-refractivity contribution in [2.75, 3.05) is 0 Å². The first-order valence-corrected chi connectivity index (χ1v) is 11.6. The molecule has 0 radical (unpaired) electrons. The van der Waals surface area contributed by atoms with Crippen molar-refractivity contribution in [3.63, 3.8) is 0 Å². The van der Waals surface area contributed by atoms with Gasteiger partial charge in [-0.3, -0.25) is 19.9 Å². The summed E-state index contributed by atoms with van der Waals surface area (Å²) in [7, 11) is 0. The van der Waals surface area contributed by atoms with Gasteiger partial charge in [-0.2, -0.15) is 0 Å². The van der Waals surface area contributed by atoms with Gasteiger partial charge in [-0.1, -0.05) is 53.7 Å². The molecule has 0 saturated heterocycles. The molecule has 0 unspecified atom stereocenters. The molecule has 0 aromatic carbocycles. The minimum Gasteiger partial charge on any atom is -0.261 e. The molecule has 0 atom stereocenters. The molecular formula is C28H42N4. The van der Waals surface area contributed by atoms with Gasteiger partial charge in [-0.25, -0.2) is 0 Å². The van der Waals surface area contributed by atoms with Crippen LogP contribution in [0.3, 0.4) is 0 Å². The number of hydrogen-bond acceptors (Lipinski definition) is 4. The second-order valence-electron chi connectivity index (χ2n) is 9.42. The monoisotopic (exact) mass is 434 g/mol. The fraction of sp³-hybridized carbons (Fsp3) is 0.500. The van der Waals surface area contributed by atoms with E-state index in [9.17, 15) is 0 Å². The zero-order chi connectivity index (χ0) is 24.4. The summed E-state index contributed by atoms with van der Waals surface area (Å²) in [5, 5.41) is 0. The van der Waals surface area contributed by atoms with Gasteiger partial charge in [0.15, 0.2) is 0 Å². The van der Waals surface area contributed by atoms with E-state index in [0.717, 1.165) is 17.1 Å². The standard InChI is InChI=1S/C10H15N.C9H14N2.C9H13N/c1-7(2)10-9(4)5-8(3)6-11-10;1-6(2)9-8(4)11-7(3)5-10-9;1-7(2)9-5-4-8(3)6-10-9/h5-7H,1-4H3;5-6H,1-4H3;4-7H,1-3H3. The van der Waals surface area contributed by atoms with E-state index in [4.69, 9.17) is 0 Å². The third-order valence-corrected chi connectivity index (χ3v) is 4.98. The highest BCUT2D eigenvalue weighted by Crippen LogP contribution is 2.16. The van der Waals surface area contributed by atoms with E-state index < -0.39 is 0 Å². The first-order valence-electron chi connectivity index (χ1n) is 11.6. The second kappa shape index (κ2) is 13.0. The number of aryl methyl sites for hydroxylation is 5. The van der Waals surface area contributed by atoms with Crippen LogP contribution in [0.15, 0.2) is 36.8 Å². The molecule has 0 saturated carbocycles. The Balaban J connectivity index is 0.000000240. The lowest BCUT2D eigenvalue weighted by molar-refractivity contribution is 0.789. The van der Waals surface area contributed by atoms with Crippen LogP contribution in [-0.4, -0.2) is 19.9 Å². The predicted octanol–water partition coefficient (Wildman–Crippen LogP) is 7.55. The maximum Gasteiger partial charge on any atom is 0.0641 e. The maximum absolute atomic E-state index is 4.38. The summed E-state index contributed by atoms with van der Waals surface area (Å²) in [5.74, 6) is 1.55. The fourth-order valence-corrected chi connectivity index (χ4v) is 3.32. The van der Waals surface area contributed by atoms with Gasteiger partial charge in [0.05, 0.1) is 17.1 Å². The average molecular weight is 435 g/mol. The number of rotatable bonds is 3. The van der Waals surface area contributed by atoms with Crippen LogP contribution in [0.1, 0.15) is 104 Å². The molecule has 0 aliphatic rings. The molecule has 0 bridgehead atoms. The van der Waals surface area contributed by atoms with Crippen LogP contribution in [-0.2, 0) is 0 Å². The minimum absolute atomic E-state index is 0.475. The van der Waals surface area contributed by atoms with Gasteiger partial charge in [0, 0.05) is 30.0 Å². The molecule has 32 heavy (non-hydrogen) atoms. The summed E-state index contributed by atoms with van der Waals surface area (Å²) in [6, 6.07) is 6.37. The molecule has 4 nitrogen and oxygen atoms in total. The van der Waals surface area contributed by atoms with E-state index >= 15 is 0 Å². The fourth-order valence-electron chi connectivity index (χ4n) is 3.32. The Labute approximate surface area is 196 Å². The number of hydrogen-bond donors (Lipinski definition) is 0. The molecule has 4 heteroatoms. The van der Waals surface area contributed by atoms with Crippen LogP contribution in [0.25, 0.3) is 0 Å². The summed E-state index contributed by atoms with van der Waals surface area (Å²) < 4.78 is 0. The molecule has 0 spiro atoms. The zero-order valence-corrected chi connectivity index (χ0v) is 22.0. The van der Waals surface area contributed by atoms with Crippen LogP contribution in [0.2, 0.25) is 0 Å². The third-order valence-electron chi connectivity index (χ3n) is 4.98. The van der Waals surface area contributed by atoms with E-state index in [1.54, 1.807) is 0 Å². The lowest BCUT2D eigenvalue weighted by Gasteiger charge is -2.07. The molecule has 0 aliphatic heterocycles. The Morgan fingerprint density at radius 2 is 1.16 bits per heavy atom. The van der Waals surface area contributed by atoms with Crippen LogP contribution >= 0.6 is 0 Å². The van der Waals surface area contributed by atoms with Gasteiger partial charge >= 0.3 is 0 Å². The lowest BCUT2D eigenvalue weighted by Crippen LogP contribution is -2.00. The van der Waals surface area contributed by atoms with Gasteiger partial charge in [0.25, 0.3) is 0 Å². The van der Waals surface area contributed by atoms with Crippen LogP contribution in [0.4, 0.5) is 0 Å². The Morgan fingerprint density at radius 3 is 1.59 bits per heavy atom. The van der Waals surface area contributed by atoms with Crippen LogP contribution in [0.5, 0.6) is 0 Å². The molecule has 0 amide bonds. The van der Waals surface area contributed by atoms with E-state index in [2.05, 4.69) is 100 Å². The molecule has 3 rings (SSSR count). The van der Waals surface area contributed by atoms with Crippen molar-refractivity contribution in [2.24, 2.45) is 0 Å². The average Bonchev–Trinajstić information content (AvgIpc) is 2.68. The number of aromatic nitrogens is 4. The number of nitrogens with zero attached hydrogens (tertiary/aromatic N) is 4. The molecule has 174 valence electrons. The summed E-state index contributed by atoms with van der Waals surface area (Å²) in [6.07, 6.45) is 5.67. The Morgan fingerprint density at radius 1 is 0.594 bits per heavy atom. The van der Waals surface area contributed by atoms with Gasteiger partial charge in [0.1, 0.15) is 0 Å². The molecule has 3 aromatic rings. The third kappa shape index (κ3) is 9.25. The molecule has 0 fully saturated rings. The van der Waals surface area contributed by atoms with Gasteiger partial charge in [-0.05, 0) is 75.1 Å². The molecule has 0 N–H and O–H groups in total. The second-order valence-corrected chi connectivity index (χ2v) is 9.42. The van der Waals surface area contributed by atoms with Gasteiger partial charge in [-0.15, -0.1) is 0 Å². The van der Waals surface area contributed by atoms with Gasteiger partial charge < -0.3 is 0 Å². The van der Waals surface area contributed by atoms with Crippen molar-refractivity contribution in [3.05, 3.63) is 81.9 Å². The topological polar surface area (TPSA) is 51.6 Å². The van der Waals surface area contributed by atoms with Crippen molar-refractivity contribution in [3.8, 4) is 0 Å². The van der Waals surface area contributed by atoms with E-state index in [0.29, 0.717) is 17.8 Å². The summed E-state index contributed by atoms with van der Waals surface area (Å²) in [6.45, 7) is 23.1. The van der Waals surface area contributed by atoms with Crippen LogP contribution < -0.4 is 0 Å². The van der Waals surface area contributed by atoms with Crippen LogP contribution in [0, 0.1) is 34.6 Å². The molecular weight excluding hydrogens is 392 g/mol. The summed E-state index contributed by atoms with van der Waals surface area (Å²) in [4.78, 5) is 17.3. The molecule has 0 aliphatic carbocycles. The zero-order valence-electron chi connectivity index (χ0n) is 22.0. The van der Waals surface area contributed by atoms with E-state index in [-0.39, 0.29) is 0 Å². The van der Waals surface area contributed by atoms with Gasteiger partial charge in [0.2, 0.25) is 0 Å². The van der Waals surface area contributed by atoms with E-state index in [1.807, 2.05) is 32.4 Å².